The van der Waals surface area contributed by atoms with E-state index in [4.69, 9.17) is 5.11 Å². The summed E-state index contributed by atoms with van der Waals surface area (Å²) in [5, 5.41) is 41.0. The van der Waals surface area contributed by atoms with Crippen LogP contribution in [0.15, 0.2) is 12.1 Å². The summed E-state index contributed by atoms with van der Waals surface area (Å²) in [6.45, 7) is 0.108. The molecule has 1 saturated heterocycles. The molecule has 6 nitrogen and oxygen atoms in total. The Morgan fingerprint density at radius 1 is 1.14 bits per heavy atom. The number of nitrogens with zero attached hydrogens (tertiary/aromatic N) is 1. The number of halogens is 3. The van der Waals surface area contributed by atoms with E-state index in [1.165, 1.54) is 4.90 Å². The first-order valence-corrected chi connectivity index (χ1v) is 6.55. The van der Waals surface area contributed by atoms with Crippen molar-refractivity contribution >= 4 is 12.4 Å². The maximum Gasteiger partial charge on any atom is 0.290 e. The molecule has 5 N–H and O–H groups in total. The van der Waals surface area contributed by atoms with Gasteiger partial charge in [0.1, 0.15) is 29.9 Å². The van der Waals surface area contributed by atoms with Gasteiger partial charge in [0, 0.05) is 38.3 Å². The molecule has 0 radical (unpaired) electrons. The molecular formula is C13H19ClF2N2O4. The SMILES string of the molecule is Cl.OCC(F)(F)[C@@H](c1c(O)cc(O)cc1O)N1CCNCC1. The number of hydrogen-bond donors (Lipinski definition) is 5. The average Bonchev–Trinajstić information content (AvgIpc) is 2.43. The average molecular weight is 341 g/mol. The molecule has 0 spiro atoms. The van der Waals surface area contributed by atoms with Gasteiger partial charge >= 0.3 is 0 Å². The highest BCUT2D eigenvalue weighted by Crippen LogP contribution is 2.45. The van der Waals surface area contributed by atoms with E-state index < -0.39 is 41.4 Å². The molecule has 2 rings (SSSR count). The lowest BCUT2D eigenvalue weighted by atomic mass is 9.96. The van der Waals surface area contributed by atoms with Crippen LogP contribution in [0.25, 0.3) is 0 Å². The summed E-state index contributed by atoms with van der Waals surface area (Å²) >= 11 is 0. The van der Waals surface area contributed by atoms with Gasteiger partial charge in [-0.25, -0.2) is 8.78 Å². The Kier molecular flexibility index (Phi) is 6.18. The summed E-state index contributed by atoms with van der Waals surface area (Å²) in [5.41, 5.74) is -0.395. The van der Waals surface area contributed by atoms with Crippen LogP contribution in [-0.2, 0) is 0 Å². The molecule has 1 aromatic carbocycles. The first-order chi connectivity index (χ1) is 9.86. The molecule has 1 aromatic rings. The number of phenolic OH excluding ortho intramolecular Hbond substituents is 3. The quantitative estimate of drug-likeness (QED) is 0.556. The number of nitrogens with one attached hydrogen (secondary N) is 1. The molecule has 1 heterocycles. The Labute approximate surface area is 132 Å². The summed E-state index contributed by atoms with van der Waals surface area (Å²) in [6.07, 6.45) is 0. The van der Waals surface area contributed by atoms with Gasteiger partial charge in [-0.1, -0.05) is 0 Å². The summed E-state index contributed by atoms with van der Waals surface area (Å²) < 4.78 is 28.3. The fraction of sp³-hybridized carbons (Fsp3) is 0.538. The summed E-state index contributed by atoms with van der Waals surface area (Å²) in [6, 6.07) is 0.0975. The number of aliphatic hydroxyl groups is 1. The number of hydrogen-bond acceptors (Lipinski definition) is 6. The largest absolute Gasteiger partial charge is 0.508 e. The van der Waals surface area contributed by atoms with E-state index in [0.29, 0.717) is 13.1 Å². The van der Waals surface area contributed by atoms with E-state index in [9.17, 15) is 24.1 Å². The highest BCUT2D eigenvalue weighted by Gasteiger charge is 2.46. The van der Waals surface area contributed by atoms with E-state index in [2.05, 4.69) is 5.32 Å². The molecule has 1 fully saturated rings. The molecule has 0 amide bonds. The Hall–Kier alpha value is -1.35. The molecule has 22 heavy (non-hydrogen) atoms. The topological polar surface area (TPSA) is 96.2 Å². The van der Waals surface area contributed by atoms with Crippen LogP contribution < -0.4 is 5.32 Å². The number of piperazine rings is 1. The number of aromatic hydroxyl groups is 3. The molecule has 126 valence electrons. The molecule has 0 aromatic heterocycles. The third kappa shape index (κ3) is 3.70. The van der Waals surface area contributed by atoms with Gasteiger partial charge in [0.25, 0.3) is 5.92 Å². The molecule has 0 unspecified atom stereocenters. The monoisotopic (exact) mass is 340 g/mol. The van der Waals surface area contributed by atoms with Gasteiger partial charge in [0.2, 0.25) is 0 Å². The van der Waals surface area contributed by atoms with E-state index in [0.717, 1.165) is 12.1 Å². The second-order valence-electron chi connectivity index (χ2n) is 5.01. The summed E-state index contributed by atoms with van der Waals surface area (Å²) in [7, 11) is 0. The normalized spacial score (nSPS) is 17.8. The van der Waals surface area contributed by atoms with E-state index in [-0.39, 0.29) is 25.5 Å². The third-order valence-electron chi connectivity index (χ3n) is 3.52. The molecule has 9 heteroatoms. The van der Waals surface area contributed by atoms with Crippen molar-refractivity contribution in [3.63, 3.8) is 0 Å². The lowest BCUT2D eigenvalue weighted by molar-refractivity contribution is -0.119. The summed E-state index contributed by atoms with van der Waals surface area (Å²) in [4.78, 5) is 1.39. The zero-order valence-electron chi connectivity index (χ0n) is 11.7. The Morgan fingerprint density at radius 2 is 1.64 bits per heavy atom. The number of aliphatic hydroxyl groups excluding tert-OH is 1. The van der Waals surface area contributed by atoms with E-state index in [1.54, 1.807) is 0 Å². The zero-order valence-corrected chi connectivity index (χ0v) is 12.5. The van der Waals surface area contributed by atoms with Crippen LogP contribution in [-0.4, -0.2) is 64.0 Å². The maximum atomic E-state index is 14.2. The number of phenols is 3. The van der Waals surface area contributed by atoms with Gasteiger partial charge in [-0.15, -0.1) is 12.4 Å². The van der Waals surface area contributed by atoms with Crippen molar-refractivity contribution < 1.29 is 29.2 Å². The van der Waals surface area contributed by atoms with Crippen molar-refractivity contribution in [2.24, 2.45) is 0 Å². The van der Waals surface area contributed by atoms with Crippen molar-refractivity contribution in [2.75, 3.05) is 32.8 Å². The van der Waals surface area contributed by atoms with Crippen LogP contribution in [0.4, 0.5) is 8.78 Å². The van der Waals surface area contributed by atoms with Crippen molar-refractivity contribution in [1.82, 2.24) is 10.2 Å². The van der Waals surface area contributed by atoms with Crippen molar-refractivity contribution in [3.05, 3.63) is 17.7 Å². The number of benzene rings is 1. The van der Waals surface area contributed by atoms with Gasteiger partial charge in [0.05, 0.1) is 5.56 Å². The van der Waals surface area contributed by atoms with Crippen molar-refractivity contribution in [1.29, 1.82) is 0 Å². The second-order valence-corrected chi connectivity index (χ2v) is 5.01. The minimum Gasteiger partial charge on any atom is -0.508 e. The van der Waals surface area contributed by atoms with Gasteiger partial charge in [-0.3, -0.25) is 4.90 Å². The standard InChI is InChI=1S/C13H18F2N2O4.ClH/c14-13(15,7-18)12(17-3-1-16-2-4-17)11-9(20)5-8(19)6-10(11)21;/h5-6,12,16,18-21H,1-4,7H2;1H/t12-;/m1./s1. The van der Waals surface area contributed by atoms with Gasteiger partial charge in [-0.2, -0.15) is 0 Å². The molecular weight excluding hydrogens is 322 g/mol. The highest BCUT2D eigenvalue weighted by molar-refractivity contribution is 5.85. The minimum atomic E-state index is -3.55. The fourth-order valence-corrected chi connectivity index (χ4v) is 2.58. The van der Waals surface area contributed by atoms with Crippen LogP contribution in [0.5, 0.6) is 17.2 Å². The molecule has 1 aliphatic heterocycles. The maximum absolute atomic E-state index is 14.2. The number of alkyl halides is 2. The zero-order chi connectivity index (χ0) is 15.6. The number of rotatable bonds is 4. The van der Waals surface area contributed by atoms with Gasteiger partial charge < -0.3 is 25.7 Å². The molecule has 0 saturated carbocycles. The van der Waals surface area contributed by atoms with Gasteiger partial charge in [0.15, 0.2) is 0 Å². The lowest BCUT2D eigenvalue weighted by Crippen LogP contribution is -2.51. The Bertz CT molecular complexity index is 490. The molecule has 0 bridgehead atoms. The second kappa shape index (κ2) is 7.28. The molecule has 1 atom stereocenters. The molecule has 0 aliphatic carbocycles. The van der Waals surface area contributed by atoms with E-state index >= 15 is 0 Å². The minimum absolute atomic E-state index is 0. The highest BCUT2D eigenvalue weighted by atomic mass is 35.5. The smallest absolute Gasteiger partial charge is 0.290 e. The summed E-state index contributed by atoms with van der Waals surface area (Å²) in [5.74, 6) is -5.25. The van der Waals surface area contributed by atoms with Crippen LogP contribution in [0, 0.1) is 0 Å². The predicted octanol–water partition coefficient (Wildman–Crippen LogP) is 0.799. The Morgan fingerprint density at radius 3 is 2.09 bits per heavy atom. The lowest BCUT2D eigenvalue weighted by Gasteiger charge is -2.39. The third-order valence-corrected chi connectivity index (χ3v) is 3.52. The Balaban J connectivity index is 0.00000242. The first-order valence-electron chi connectivity index (χ1n) is 6.55. The molecule has 1 aliphatic rings. The van der Waals surface area contributed by atoms with Crippen LogP contribution >= 0.6 is 12.4 Å². The van der Waals surface area contributed by atoms with Crippen molar-refractivity contribution in [3.8, 4) is 17.2 Å². The van der Waals surface area contributed by atoms with E-state index in [1.807, 2.05) is 0 Å². The van der Waals surface area contributed by atoms with Crippen LogP contribution in [0.3, 0.4) is 0 Å². The first kappa shape index (κ1) is 18.7. The van der Waals surface area contributed by atoms with Crippen LogP contribution in [0.2, 0.25) is 0 Å². The van der Waals surface area contributed by atoms with Gasteiger partial charge in [-0.05, 0) is 0 Å². The fourth-order valence-electron chi connectivity index (χ4n) is 2.58. The predicted molar refractivity (Wildman–Crippen MR) is 77.9 cm³/mol. The van der Waals surface area contributed by atoms with Crippen LogP contribution in [0.1, 0.15) is 11.6 Å². The van der Waals surface area contributed by atoms with Crippen molar-refractivity contribution in [2.45, 2.75) is 12.0 Å².